The van der Waals surface area contributed by atoms with Crippen molar-refractivity contribution in [2.45, 2.75) is 32.2 Å². The zero-order chi connectivity index (χ0) is 15.5. The normalized spacial score (nSPS) is 14.2. The third-order valence-corrected chi connectivity index (χ3v) is 4.05. The monoisotopic (exact) mass is 371 g/mol. The van der Waals surface area contributed by atoms with Gasteiger partial charge in [-0.05, 0) is 43.9 Å². The number of pyridine rings is 1. The largest absolute Gasteiger partial charge is 0.462 e. The molecule has 0 aromatic carbocycles. The number of nitrogens with zero attached hydrogens (tertiary/aromatic N) is 1. The second-order valence-corrected chi connectivity index (χ2v) is 5.74. The van der Waals surface area contributed by atoms with Crippen LogP contribution in [-0.2, 0) is 11.2 Å². The quantitative estimate of drug-likeness (QED) is 0.762. The third kappa shape index (κ3) is 4.72. The summed E-state index contributed by atoms with van der Waals surface area (Å²) >= 11 is 0. The molecule has 1 aliphatic carbocycles. The van der Waals surface area contributed by atoms with Crippen LogP contribution in [0.4, 0.5) is 0 Å². The molecule has 0 aliphatic heterocycles. The summed E-state index contributed by atoms with van der Waals surface area (Å²) in [7, 11) is 0. The lowest BCUT2D eigenvalue weighted by Crippen LogP contribution is -2.26. The van der Waals surface area contributed by atoms with Gasteiger partial charge in [-0.15, -0.1) is 24.8 Å². The minimum atomic E-state index is -0.294. The van der Waals surface area contributed by atoms with Gasteiger partial charge in [0.15, 0.2) is 0 Å². The van der Waals surface area contributed by atoms with Crippen molar-refractivity contribution in [1.82, 2.24) is 9.97 Å². The zero-order valence-corrected chi connectivity index (χ0v) is 15.2. The summed E-state index contributed by atoms with van der Waals surface area (Å²) in [6.07, 6.45) is 6.51. The van der Waals surface area contributed by atoms with Crippen molar-refractivity contribution in [1.29, 1.82) is 0 Å². The van der Waals surface area contributed by atoms with E-state index in [4.69, 9.17) is 10.5 Å². The fourth-order valence-electron chi connectivity index (χ4n) is 2.66. The van der Waals surface area contributed by atoms with Crippen molar-refractivity contribution in [3.63, 3.8) is 0 Å². The minimum Gasteiger partial charge on any atom is -0.462 e. The SMILES string of the molecule is CCOC(=O)c1cc(-c2ccncc2)[nH]c1CC(N)C1CC1.Cl.Cl. The Morgan fingerprint density at radius 3 is 2.62 bits per heavy atom. The first-order chi connectivity index (χ1) is 10.7. The number of nitrogens with two attached hydrogens (primary N) is 1. The van der Waals surface area contributed by atoms with Crippen molar-refractivity contribution in [2.24, 2.45) is 11.7 Å². The Balaban J connectivity index is 0.00000144. The lowest BCUT2D eigenvalue weighted by Gasteiger charge is -2.10. The molecular weight excluding hydrogens is 349 g/mol. The molecule has 5 nitrogen and oxygen atoms in total. The van der Waals surface area contributed by atoms with Crippen LogP contribution < -0.4 is 5.73 Å². The van der Waals surface area contributed by atoms with E-state index in [0.29, 0.717) is 24.5 Å². The Morgan fingerprint density at radius 2 is 2.04 bits per heavy atom. The number of halogens is 2. The van der Waals surface area contributed by atoms with E-state index in [2.05, 4.69) is 9.97 Å². The first-order valence-corrected chi connectivity index (χ1v) is 7.74. The fourth-order valence-corrected chi connectivity index (χ4v) is 2.66. The highest BCUT2D eigenvalue weighted by atomic mass is 35.5. The Bertz CT molecular complexity index is 657. The van der Waals surface area contributed by atoms with E-state index in [0.717, 1.165) is 17.0 Å². The number of hydrogen-bond donors (Lipinski definition) is 2. The standard InChI is InChI=1S/C17H21N3O2.2ClH/c1-2-22-17(21)13-9-15(12-5-7-19-8-6-12)20-16(13)10-14(18)11-3-4-11;;/h5-9,11,14,20H,2-4,10,18H2,1H3;2*1H. The van der Waals surface area contributed by atoms with Crippen LogP contribution in [0.5, 0.6) is 0 Å². The van der Waals surface area contributed by atoms with Gasteiger partial charge in [0, 0.05) is 41.8 Å². The number of ether oxygens (including phenoxy) is 1. The lowest BCUT2D eigenvalue weighted by atomic mass is 10.0. The predicted octanol–water partition coefficient (Wildman–Crippen LogP) is 3.38. The van der Waals surface area contributed by atoms with E-state index in [1.165, 1.54) is 12.8 Å². The van der Waals surface area contributed by atoms with Crippen LogP contribution in [-0.4, -0.2) is 28.6 Å². The first kappa shape index (κ1) is 20.5. The molecule has 7 heteroatoms. The number of hydrogen-bond acceptors (Lipinski definition) is 4. The maximum absolute atomic E-state index is 12.2. The van der Waals surface area contributed by atoms with E-state index in [-0.39, 0.29) is 36.8 Å². The molecule has 0 bridgehead atoms. The number of carbonyl (C=O) groups excluding carboxylic acids is 1. The molecule has 0 amide bonds. The van der Waals surface area contributed by atoms with Gasteiger partial charge >= 0.3 is 5.97 Å². The first-order valence-electron chi connectivity index (χ1n) is 7.74. The van der Waals surface area contributed by atoms with Crippen molar-refractivity contribution in [3.8, 4) is 11.3 Å². The van der Waals surface area contributed by atoms with Gasteiger partial charge in [0.25, 0.3) is 0 Å². The average Bonchev–Trinajstić information content (AvgIpc) is 3.30. The van der Waals surface area contributed by atoms with Crippen molar-refractivity contribution in [2.75, 3.05) is 6.61 Å². The molecule has 3 N–H and O–H groups in total. The van der Waals surface area contributed by atoms with Gasteiger partial charge in [0.1, 0.15) is 0 Å². The van der Waals surface area contributed by atoms with Crippen LogP contribution in [0.3, 0.4) is 0 Å². The van der Waals surface area contributed by atoms with Gasteiger partial charge in [-0.25, -0.2) is 4.79 Å². The van der Waals surface area contributed by atoms with E-state index in [1.807, 2.05) is 25.1 Å². The molecule has 132 valence electrons. The molecule has 0 spiro atoms. The second kappa shape index (κ2) is 9.06. The Morgan fingerprint density at radius 1 is 1.38 bits per heavy atom. The second-order valence-electron chi connectivity index (χ2n) is 5.74. The summed E-state index contributed by atoms with van der Waals surface area (Å²) in [5, 5.41) is 0. The highest BCUT2D eigenvalue weighted by Gasteiger charge is 2.30. The van der Waals surface area contributed by atoms with Crippen LogP contribution in [0.15, 0.2) is 30.6 Å². The van der Waals surface area contributed by atoms with Crippen LogP contribution in [0.25, 0.3) is 11.3 Å². The van der Waals surface area contributed by atoms with Crippen molar-refractivity contribution in [3.05, 3.63) is 41.9 Å². The van der Waals surface area contributed by atoms with E-state index >= 15 is 0 Å². The Hall–Kier alpha value is -1.56. The molecule has 2 heterocycles. The molecule has 1 atom stereocenters. The average molecular weight is 372 g/mol. The zero-order valence-electron chi connectivity index (χ0n) is 13.5. The van der Waals surface area contributed by atoms with Crippen LogP contribution in [0, 0.1) is 5.92 Å². The molecule has 2 aromatic rings. The number of rotatable bonds is 6. The molecule has 1 fully saturated rings. The van der Waals surface area contributed by atoms with Crippen molar-refractivity contribution >= 4 is 30.8 Å². The molecular formula is C17H23Cl2N3O2. The molecule has 24 heavy (non-hydrogen) atoms. The summed E-state index contributed by atoms with van der Waals surface area (Å²) < 4.78 is 5.16. The van der Waals surface area contributed by atoms with Gasteiger partial charge in [-0.1, -0.05) is 0 Å². The summed E-state index contributed by atoms with van der Waals surface area (Å²) in [6.45, 7) is 2.17. The van der Waals surface area contributed by atoms with Crippen LogP contribution in [0.1, 0.15) is 35.8 Å². The number of aromatic nitrogens is 2. The number of aromatic amines is 1. The molecule has 2 aromatic heterocycles. The molecule has 1 unspecified atom stereocenters. The molecule has 0 radical (unpaired) electrons. The number of H-pyrrole nitrogens is 1. The van der Waals surface area contributed by atoms with E-state index < -0.39 is 0 Å². The van der Waals surface area contributed by atoms with Gasteiger partial charge in [-0.3, -0.25) is 4.98 Å². The highest BCUT2D eigenvalue weighted by molar-refractivity contribution is 5.92. The highest BCUT2D eigenvalue weighted by Crippen LogP contribution is 2.33. The molecule has 3 rings (SSSR count). The lowest BCUT2D eigenvalue weighted by molar-refractivity contribution is 0.0525. The third-order valence-electron chi connectivity index (χ3n) is 4.05. The molecule has 1 aliphatic rings. The van der Waals surface area contributed by atoms with Gasteiger partial charge in [-0.2, -0.15) is 0 Å². The Labute approximate surface area is 154 Å². The summed E-state index contributed by atoms with van der Waals surface area (Å²) in [5.74, 6) is 0.291. The number of esters is 1. The van der Waals surface area contributed by atoms with Crippen LogP contribution >= 0.6 is 24.8 Å². The predicted molar refractivity (Wildman–Crippen MR) is 98.9 cm³/mol. The minimum absolute atomic E-state index is 0. The van der Waals surface area contributed by atoms with Crippen LogP contribution in [0.2, 0.25) is 0 Å². The summed E-state index contributed by atoms with van der Waals surface area (Å²) in [5.41, 5.74) is 9.56. The Kier molecular flexibility index (Phi) is 7.73. The molecule has 0 saturated heterocycles. The maximum atomic E-state index is 12.2. The summed E-state index contributed by atoms with van der Waals surface area (Å²) in [6, 6.07) is 5.76. The van der Waals surface area contributed by atoms with Gasteiger partial charge < -0.3 is 15.5 Å². The summed E-state index contributed by atoms with van der Waals surface area (Å²) in [4.78, 5) is 19.5. The van der Waals surface area contributed by atoms with Crippen molar-refractivity contribution < 1.29 is 9.53 Å². The number of carbonyl (C=O) groups is 1. The molecule has 1 saturated carbocycles. The van der Waals surface area contributed by atoms with Gasteiger partial charge in [0.2, 0.25) is 0 Å². The maximum Gasteiger partial charge on any atom is 0.339 e. The fraction of sp³-hybridized carbons (Fsp3) is 0.412. The smallest absolute Gasteiger partial charge is 0.339 e. The van der Waals surface area contributed by atoms with E-state index in [9.17, 15) is 4.79 Å². The number of nitrogens with one attached hydrogen (secondary N) is 1. The van der Waals surface area contributed by atoms with E-state index in [1.54, 1.807) is 12.4 Å². The van der Waals surface area contributed by atoms with Gasteiger partial charge in [0.05, 0.1) is 12.2 Å². The topological polar surface area (TPSA) is 81.0 Å².